The molecule has 0 aliphatic rings. The summed E-state index contributed by atoms with van der Waals surface area (Å²) in [5.74, 6) is -0.257. The highest BCUT2D eigenvalue weighted by Crippen LogP contribution is 2.22. The molecule has 32 heavy (non-hydrogen) atoms. The van der Waals surface area contributed by atoms with Gasteiger partial charge in [-0.1, -0.05) is 48.0 Å². The number of benzene rings is 3. The summed E-state index contributed by atoms with van der Waals surface area (Å²) in [5, 5.41) is 7.10. The minimum Gasteiger partial charge on any atom is -0.324 e. The molecule has 0 saturated carbocycles. The lowest BCUT2D eigenvalue weighted by Gasteiger charge is -2.18. The highest BCUT2D eigenvalue weighted by atomic mass is 32.2. The fraction of sp³-hybridized carbons (Fsp3) is 0.0833. The van der Waals surface area contributed by atoms with E-state index in [1.54, 1.807) is 71.7 Å². The Balaban J connectivity index is 1.49. The molecule has 7 nitrogen and oxygen atoms in total. The number of rotatable bonds is 7. The number of carbonyl (C=O) groups excluding carboxylic acids is 1. The molecule has 0 aliphatic carbocycles. The largest absolute Gasteiger partial charge is 0.324 e. The second-order valence-corrected chi connectivity index (χ2v) is 8.97. The van der Waals surface area contributed by atoms with Gasteiger partial charge in [0, 0.05) is 23.8 Å². The molecule has 0 radical (unpaired) electrons. The number of nitrogens with zero attached hydrogens (tertiary/aromatic N) is 2. The summed E-state index contributed by atoms with van der Waals surface area (Å²) in [4.78, 5) is 13.2. The summed E-state index contributed by atoms with van der Waals surface area (Å²) in [6, 6.07) is 23.6. The van der Waals surface area contributed by atoms with Gasteiger partial charge in [0.05, 0.1) is 4.90 Å². The number of hydrogen-bond acceptors (Lipinski definition) is 4. The van der Waals surface area contributed by atoms with Crippen molar-refractivity contribution in [1.82, 2.24) is 9.78 Å². The maximum atomic E-state index is 13.1. The summed E-state index contributed by atoms with van der Waals surface area (Å²) in [7, 11) is -3.69. The van der Waals surface area contributed by atoms with Crippen molar-refractivity contribution in [2.45, 2.75) is 17.9 Å². The Morgan fingerprint density at radius 1 is 0.875 bits per heavy atom. The molecule has 3 aromatic carbocycles. The maximum Gasteiger partial charge on any atom is 0.261 e. The van der Waals surface area contributed by atoms with Gasteiger partial charge in [-0.25, -0.2) is 8.42 Å². The van der Waals surface area contributed by atoms with Crippen molar-refractivity contribution in [1.29, 1.82) is 0 Å². The van der Waals surface area contributed by atoms with E-state index in [4.69, 9.17) is 0 Å². The Bertz CT molecular complexity index is 1290. The second-order valence-electron chi connectivity index (χ2n) is 7.28. The minimum absolute atomic E-state index is 0.186. The third kappa shape index (κ3) is 4.87. The Morgan fingerprint density at radius 2 is 1.53 bits per heavy atom. The van der Waals surface area contributed by atoms with Gasteiger partial charge in [-0.2, -0.15) is 5.10 Å². The summed E-state index contributed by atoms with van der Waals surface area (Å²) in [5.41, 5.74) is 2.72. The molecule has 1 unspecified atom stereocenters. The van der Waals surface area contributed by atoms with Crippen LogP contribution in [0.3, 0.4) is 0 Å². The predicted molar refractivity (Wildman–Crippen MR) is 124 cm³/mol. The number of aromatic nitrogens is 2. The summed E-state index contributed by atoms with van der Waals surface area (Å²) in [6.45, 7) is 1.89. The number of nitrogens with one attached hydrogen (secondary N) is 2. The third-order valence-electron chi connectivity index (χ3n) is 4.89. The summed E-state index contributed by atoms with van der Waals surface area (Å²) in [6.07, 6.45) is 3.36. The molecule has 0 bridgehead atoms. The monoisotopic (exact) mass is 446 g/mol. The van der Waals surface area contributed by atoms with Gasteiger partial charge in [0.15, 0.2) is 6.04 Å². The fourth-order valence-electron chi connectivity index (χ4n) is 3.26. The Hall–Kier alpha value is -3.91. The van der Waals surface area contributed by atoms with Gasteiger partial charge in [-0.15, -0.1) is 0 Å². The van der Waals surface area contributed by atoms with E-state index in [0.29, 0.717) is 11.4 Å². The van der Waals surface area contributed by atoms with Crippen molar-refractivity contribution in [2.75, 3.05) is 10.0 Å². The molecule has 1 aromatic heterocycles. The van der Waals surface area contributed by atoms with Crippen LogP contribution in [0.5, 0.6) is 0 Å². The van der Waals surface area contributed by atoms with Crippen LogP contribution in [0.15, 0.2) is 102 Å². The van der Waals surface area contributed by atoms with Gasteiger partial charge >= 0.3 is 0 Å². The molecule has 1 heterocycles. The number of amides is 1. The van der Waals surface area contributed by atoms with Crippen molar-refractivity contribution in [2.24, 2.45) is 0 Å². The first-order valence-electron chi connectivity index (χ1n) is 9.97. The van der Waals surface area contributed by atoms with Crippen LogP contribution in [-0.2, 0) is 14.8 Å². The van der Waals surface area contributed by atoms with Crippen molar-refractivity contribution in [3.63, 3.8) is 0 Å². The molecule has 2 N–H and O–H groups in total. The highest BCUT2D eigenvalue weighted by Gasteiger charge is 2.23. The SMILES string of the molecule is Cc1ccc(S(=O)(=O)Nc2ccc(NC(=O)C(c3ccccc3)n3cccn3)cc2)cc1. The van der Waals surface area contributed by atoms with Crippen molar-refractivity contribution < 1.29 is 13.2 Å². The van der Waals surface area contributed by atoms with E-state index in [2.05, 4.69) is 15.1 Å². The van der Waals surface area contributed by atoms with Gasteiger partial charge in [0.25, 0.3) is 15.9 Å². The zero-order valence-corrected chi connectivity index (χ0v) is 18.2. The first-order chi connectivity index (χ1) is 15.4. The van der Waals surface area contributed by atoms with E-state index >= 15 is 0 Å². The van der Waals surface area contributed by atoms with E-state index in [9.17, 15) is 13.2 Å². The average Bonchev–Trinajstić information content (AvgIpc) is 3.30. The van der Waals surface area contributed by atoms with Crippen LogP contribution in [0.4, 0.5) is 11.4 Å². The van der Waals surface area contributed by atoms with Crippen molar-refractivity contribution in [3.05, 3.63) is 108 Å². The molecule has 0 spiro atoms. The van der Waals surface area contributed by atoms with E-state index in [1.165, 1.54) is 0 Å². The molecule has 4 rings (SSSR count). The van der Waals surface area contributed by atoms with Gasteiger partial charge in [-0.05, 0) is 55.0 Å². The topological polar surface area (TPSA) is 93.1 Å². The lowest BCUT2D eigenvalue weighted by atomic mass is 10.1. The molecule has 1 amide bonds. The van der Waals surface area contributed by atoms with Crippen LogP contribution < -0.4 is 10.0 Å². The number of carbonyl (C=O) groups is 1. The molecule has 0 fully saturated rings. The van der Waals surface area contributed by atoms with Gasteiger partial charge < -0.3 is 5.32 Å². The first-order valence-corrected chi connectivity index (χ1v) is 11.5. The van der Waals surface area contributed by atoms with Crippen LogP contribution in [0.1, 0.15) is 17.2 Å². The van der Waals surface area contributed by atoms with Crippen LogP contribution in [0.25, 0.3) is 0 Å². The van der Waals surface area contributed by atoms with E-state index in [-0.39, 0.29) is 10.8 Å². The molecular formula is C24H22N4O3S. The normalized spacial score (nSPS) is 12.2. The van der Waals surface area contributed by atoms with Gasteiger partial charge in [0.1, 0.15) is 0 Å². The molecule has 162 valence electrons. The minimum atomic E-state index is -3.69. The van der Waals surface area contributed by atoms with Crippen molar-refractivity contribution in [3.8, 4) is 0 Å². The number of hydrogen-bond donors (Lipinski definition) is 2. The first kappa shape index (κ1) is 21.3. The fourth-order valence-corrected chi connectivity index (χ4v) is 4.32. The van der Waals surface area contributed by atoms with E-state index in [1.807, 2.05) is 37.3 Å². The summed E-state index contributed by atoms with van der Waals surface area (Å²) < 4.78 is 29.3. The lowest BCUT2D eigenvalue weighted by molar-refractivity contribution is -0.118. The van der Waals surface area contributed by atoms with E-state index < -0.39 is 16.1 Å². The molecule has 0 aliphatic heterocycles. The molecular weight excluding hydrogens is 424 g/mol. The Morgan fingerprint density at radius 3 is 2.16 bits per heavy atom. The second kappa shape index (κ2) is 9.07. The quantitative estimate of drug-likeness (QED) is 0.445. The van der Waals surface area contributed by atoms with Crippen molar-refractivity contribution >= 4 is 27.3 Å². The smallest absolute Gasteiger partial charge is 0.261 e. The number of sulfonamides is 1. The van der Waals surface area contributed by atoms with Gasteiger partial charge in [0.2, 0.25) is 0 Å². The predicted octanol–water partition coefficient (Wildman–Crippen LogP) is 4.22. The highest BCUT2D eigenvalue weighted by molar-refractivity contribution is 7.92. The zero-order chi connectivity index (χ0) is 22.6. The van der Waals surface area contributed by atoms with E-state index in [0.717, 1.165) is 11.1 Å². The molecule has 4 aromatic rings. The maximum absolute atomic E-state index is 13.1. The number of aryl methyl sites for hydroxylation is 1. The Labute approximate surface area is 186 Å². The van der Waals surface area contributed by atoms with Crippen LogP contribution >= 0.6 is 0 Å². The zero-order valence-electron chi connectivity index (χ0n) is 17.3. The average molecular weight is 447 g/mol. The van der Waals surface area contributed by atoms with Crippen LogP contribution in [0.2, 0.25) is 0 Å². The van der Waals surface area contributed by atoms with Crippen LogP contribution in [-0.4, -0.2) is 24.1 Å². The lowest BCUT2D eigenvalue weighted by Crippen LogP contribution is -2.27. The Kier molecular flexibility index (Phi) is 6.04. The standard InChI is InChI=1S/C24H22N4O3S/c1-18-8-14-22(15-9-18)32(30,31)27-21-12-10-20(11-13-21)26-24(29)23(28-17-5-16-25-28)19-6-3-2-4-7-19/h2-17,23,27H,1H3,(H,26,29). The van der Waals surface area contributed by atoms with Crippen LogP contribution in [0, 0.1) is 6.92 Å². The molecule has 0 saturated heterocycles. The number of anilines is 2. The van der Waals surface area contributed by atoms with Gasteiger partial charge in [-0.3, -0.25) is 14.2 Å². The summed E-state index contributed by atoms with van der Waals surface area (Å²) >= 11 is 0. The molecule has 1 atom stereocenters. The third-order valence-corrected chi connectivity index (χ3v) is 6.29. The molecule has 8 heteroatoms.